The zero-order chi connectivity index (χ0) is 15.1. The van der Waals surface area contributed by atoms with Crippen LogP contribution in [-0.2, 0) is 4.74 Å². The monoisotopic (exact) mass is 296 g/mol. The van der Waals surface area contributed by atoms with E-state index >= 15 is 0 Å². The van der Waals surface area contributed by atoms with E-state index in [1.54, 1.807) is 7.11 Å². The summed E-state index contributed by atoms with van der Waals surface area (Å²) in [6.07, 6.45) is 0. The van der Waals surface area contributed by atoms with Crippen LogP contribution in [0.1, 0.15) is 11.6 Å². The number of benzene rings is 1. The summed E-state index contributed by atoms with van der Waals surface area (Å²) in [6.45, 7) is 4.65. The maximum absolute atomic E-state index is 9.26. The van der Waals surface area contributed by atoms with Crippen LogP contribution in [0.5, 0.6) is 11.5 Å². The van der Waals surface area contributed by atoms with Crippen molar-refractivity contribution >= 4 is 0 Å². The minimum Gasteiger partial charge on any atom is -0.493 e. The van der Waals surface area contributed by atoms with Gasteiger partial charge >= 0.3 is 0 Å². The van der Waals surface area contributed by atoms with Gasteiger partial charge in [-0.2, -0.15) is 0 Å². The number of ether oxygens (including phenoxy) is 3. The van der Waals surface area contributed by atoms with Crippen molar-refractivity contribution in [1.29, 1.82) is 0 Å². The second kappa shape index (κ2) is 8.19. The quantitative estimate of drug-likeness (QED) is 0.758. The van der Waals surface area contributed by atoms with Gasteiger partial charge in [0, 0.05) is 25.2 Å². The van der Waals surface area contributed by atoms with Crippen molar-refractivity contribution in [3.63, 3.8) is 0 Å². The van der Waals surface area contributed by atoms with Crippen molar-refractivity contribution in [2.75, 3.05) is 53.2 Å². The summed E-state index contributed by atoms with van der Waals surface area (Å²) < 4.78 is 16.5. The van der Waals surface area contributed by atoms with E-state index in [-0.39, 0.29) is 6.61 Å². The second-order valence-corrected chi connectivity index (χ2v) is 4.97. The van der Waals surface area contributed by atoms with Crippen LogP contribution >= 0.6 is 0 Å². The largest absolute Gasteiger partial charge is 0.493 e. The van der Waals surface area contributed by atoms with Gasteiger partial charge in [0.25, 0.3) is 0 Å². The van der Waals surface area contributed by atoms with Gasteiger partial charge in [0.1, 0.15) is 6.61 Å². The molecule has 0 radical (unpaired) electrons. The van der Waals surface area contributed by atoms with Crippen molar-refractivity contribution in [1.82, 2.24) is 4.90 Å². The van der Waals surface area contributed by atoms with Gasteiger partial charge in [-0.25, -0.2) is 0 Å². The number of nitrogens with zero attached hydrogens (tertiary/aromatic N) is 1. The molecule has 0 bridgehead atoms. The lowest BCUT2D eigenvalue weighted by Gasteiger charge is -2.27. The minimum absolute atomic E-state index is 0.132. The van der Waals surface area contributed by atoms with Crippen molar-refractivity contribution in [3.8, 4) is 11.5 Å². The van der Waals surface area contributed by atoms with E-state index in [9.17, 15) is 5.11 Å². The summed E-state index contributed by atoms with van der Waals surface area (Å²) in [4.78, 5) is 2.30. The molecular weight excluding hydrogens is 272 g/mol. The number of aliphatic hydroxyl groups excluding tert-OH is 1. The average Bonchev–Trinajstić information content (AvgIpc) is 2.55. The van der Waals surface area contributed by atoms with Gasteiger partial charge in [-0.1, -0.05) is 12.1 Å². The maximum Gasteiger partial charge on any atom is 0.166 e. The summed E-state index contributed by atoms with van der Waals surface area (Å²) in [7, 11) is 1.60. The summed E-state index contributed by atoms with van der Waals surface area (Å²) in [5, 5.41) is 9.26. The Hall–Kier alpha value is -1.34. The number of rotatable bonds is 7. The summed E-state index contributed by atoms with van der Waals surface area (Å²) in [5.41, 5.74) is 6.68. The Bertz CT molecular complexity index is 436. The lowest BCUT2D eigenvalue weighted by Crippen LogP contribution is -2.38. The minimum atomic E-state index is -0.474. The lowest BCUT2D eigenvalue weighted by atomic mass is 10.1. The molecule has 0 amide bonds. The molecule has 1 atom stereocenters. The van der Waals surface area contributed by atoms with Crippen LogP contribution in [-0.4, -0.2) is 63.2 Å². The zero-order valence-corrected chi connectivity index (χ0v) is 12.5. The summed E-state index contributed by atoms with van der Waals surface area (Å²) in [5.74, 6) is 1.26. The number of methoxy groups -OCH3 is 1. The molecule has 21 heavy (non-hydrogen) atoms. The van der Waals surface area contributed by atoms with Gasteiger partial charge in [-0.05, 0) is 6.07 Å². The van der Waals surface area contributed by atoms with Crippen molar-refractivity contribution in [3.05, 3.63) is 23.8 Å². The number of morpholine rings is 1. The average molecular weight is 296 g/mol. The Morgan fingerprint density at radius 3 is 2.81 bits per heavy atom. The Balaban J connectivity index is 1.99. The first-order valence-corrected chi connectivity index (χ1v) is 7.22. The molecule has 1 aromatic rings. The van der Waals surface area contributed by atoms with E-state index < -0.39 is 6.04 Å². The van der Waals surface area contributed by atoms with E-state index in [1.165, 1.54) is 0 Å². The van der Waals surface area contributed by atoms with Gasteiger partial charge in [0.2, 0.25) is 0 Å². The first-order chi connectivity index (χ1) is 10.3. The highest BCUT2D eigenvalue weighted by Gasteiger charge is 2.17. The van der Waals surface area contributed by atoms with Crippen LogP contribution in [0.2, 0.25) is 0 Å². The predicted octanol–water partition coefficient (Wildman–Crippen LogP) is 0.398. The molecule has 0 aromatic heterocycles. The summed E-state index contributed by atoms with van der Waals surface area (Å²) in [6, 6.07) is 5.06. The highest BCUT2D eigenvalue weighted by atomic mass is 16.5. The third kappa shape index (κ3) is 4.31. The van der Waals surface area contributed by atoms with E-state index in [0.717, 1.165) is 38.4 Å². The fourth-order valence-corrected chi connectivity index (χ4v) is 2.34. The van der Waals surface area contributed by atoms with E-state index in [1.807, 2.05) is 18.2 Å². The fourth-order valence-electron chi connectivity index (χ4n) is 2.34. The molecule has 0 saturated carbocycles. The summed E-state index contributed by atoms with van der Waals surface area (Å²) >= 11 is 0. The number of para-hydroxylation sites is 1. The molecule has 0 aliphatic carbocycles. The van der Waals surface area contributed by atoms with E-state index in [0.29, 0.717) is 18.1 Å². The molecule has 3 N–H and O–H groups in total. The topological polar surface area (TPSA) is 77.2 Å². The molecular formula is C15H24N2O4. The first-order valence-electron chi connectivity index (χ1n) is 7.22. The molecule has 1 aliphatic heterocycles. The molecule has 1 fully saturated rings. The second-order valence-electron chi connectivity index (χ2n) is 4.97. The Labute approximate surface area is 125 Å². The van der Waals surface area contributed by atoms with Crippen molar-refractivity contribution in [2.45, 2.75) is 6.04 Å². The van der Waals surface area contributed by atoms with Gasteiger partial charge in [-0.15, -0.1) is 0 Å². The van der Waals surface area contributed by atoms with Gasteiger partial charge < -0.3 is 25.1 Å². The van der Waals surface area contributed by atoms with Crippen molar-refractivity contribution < 1.29 is 19.3 Å². The van der Waals surface area contributed by atoms with E-state index in [2.05, 4.69) is 4.90 Å². The fraction of sp³-hybridized carbons (Fsp3) is 0.600. The number of hydrogen-bond acceptors (Lipinski definition) is 6. The third-order valence-electron chi connectivity index (χ3n) is 3.58. The number of nitrogens with two attached hydrogens (primary N) is 1. The molecule has 6 heteroatoms. The van der Waals surface area contributed by atoms with E-state index in [4.69, 9.17) is 19.9 Å². The smallest absolute Gasteiger partial charge is 0.166 e. The molecule has 0 unspecified atom stereocenters. The molecule has 1 heterocycles. The molecule has 1 aromatic carbocycles. The van der Waals surface area contributed by atoms with Gasteiger partial charge in [-0.3, -0.25) is 4.90 Å². The van der Waals surface area contributed by atoms with Crippen LogP contribution in [0.25, 0.3) is 0 Å². The van der Waals surface area contributed by atoms with Crippen LogP contribution in [0.3, 0.4) is 0 Å². The van der Waals surface area contributed by atoms with Crippen molar-refractivity contribution in [2.24, 2.45) is 5.73 Å². The molecule has 118 valence electrons. The van der Waals surface area contributed by atoms with Gasteiger partial charge in [0.05, 0.1) is 33.0 Å². The SMILES string of the molecule is COc1cccc([C@@H](N)CO)c1OCCN1CCOCC1. The van der Waals surface area contributed by atoms with Crippen LogP contribution < -0.4 is 15.2 Å². The third-order valence-corrected chi connectivity index (χ3v) is 3.58. The standard InChI is InChI=1S/C15H24N2O4/c1-19-14-4-2-3-12(13(16)11-18)15(14)21-10-7-17-5-8-20-9-6-17/h2-4,13,18H,5-11,16H2,1H3/t13-/m0/s1. The zero-order valence-electron chi connectivity index (χ0n) is 12.5. The first kappa shape index (κ1) is 16.0. The Morgan fingerprint density at radius 1 is 1.38 bits per heavy atom. The Morgan fingerprint density at radius 2 is 2.14 bits per heavy atom. The lowest BCUT2D eigenvalue weighted by molar-refractivity contribution is 0.0320. The Kier molecular flexibility index (Phi) is 6.25. The molecule has 1 aliphatic rings. The highest BCUT2D eigenvalue weighted by Crippen LogP contribution is 2.34. The number of aliphatic hydroxyl groups is 1. The van der Waals surface area contributed by atoms with Gasteiger partial charge in [0.15, 0.2) is 11.5 Å². The number of hydrogen-bond donors (Lipinski definition) is 2. The normalized spacial score (nSPS) is 17.5. The van der Waals surface area contributed by atoms with Crippen LogP contribution in [0, 0.1) is 0 Å². The molecule has 1 saturated heterocycles. The highest BCUT2D eigenvalue weighted by molar-refractivity contribution is 5.48. The van der Waals surface area contributed by atoms with Crippen LogP contribution in [0.4, 0.5) is 0 Å². The van der Waals surface area contributed by atoms with Crippen LogP contribution in [0.15, 0.2) is 18.2 Å². The predicted molar refractivity (Wildman–Crippen MR) is 79.8 cm³/mol. The molecule has 2 rings (SSSR count). The maximum atomic E-state index is 9.26. The molecule has 0 spiro atoms. The molecule has 6 nitrogen and oxygen atoms in total.